The smallest absolute Gasteiger partial charge is 0.163 e. The molecule has 0 radical (unpaired) electrons. The minimum absolute atomic E-state index is 0.236. The van der Waals surface area contributed by atoms with Crippen LogP contribution in [0.2, 0.25) is 0 Å². The summed E-state index contributed by atoms with van der Waals surface area (Å²) in [6, 6.07) is 0. The molecular formula is C13H24O4. The molecule has 4 nitrogen and oxygen atoms in total. The highest BCUT2D eigenvalue weighted by Gasteiger charge is 2.34. The molecule has 2 heterocycles. The topological polar surface area (TPSA) is 36.9 Å². The van der Waals surface area contributed by atoms with E-state index in [4.69, 9.17) is 18.9 Å². The summed E-state index contributed by atoms with van der Waals surface area (Å²) in [7, 11) is 0. The Morgan fingerprint density at radius 2 is 1.24 bits per heavy atom. The molecule has 100 valence electrons. The quantitative estimate of drug-likeness (QED) is 0.761. The number of rotatable bonds is 4. The van der Waals surface area contributed by atoms with Gasteiger partial charge in [-0.3, -0.25) is 0 Å². The van der Waals surface area contributed by atoms with E-state index in [1.165, 1.54) is 0 Å². The van der Waals surface area contributed by atoms with Gasteiger partial charge in [-0.05, 0) is 47.0 Å². The van der Waals surface area contributed by atoms with Crippen molar-refractivity contribution >= 4 is 0 Å². The third-order valence-corrected chi connectivity index (χ3v) is 3.19. The highest BCUT2D eigenvalue weighted by Crippen LogP contribution is 2.28. The van der Waals surface area contributed by atoms with Gasteiger partial charge in [-0.25, -0.2) is 0 Å². The van der Waals surface area contributed by atoms with Crippen LogP contribution in [0.3, 0.4) is 0 Å². The standard InChI is InChI=1S/C13H24O4/c1-12(2)14-8-10(16-12)6-5-7-11-9-15-13(3,4)17-11/h10-11H,5-9H2,1-4H3/t10-,11-/m1/s1. The molecule has 0 aromatic heterocycles. The van der Waals surface area contributed by atoms with Gasteiger partial charge in [0.15, 0.2) is 11.6 Å². The maximum absolute atomic E-state index is 5.76. The summed E-state index contributed by atoms with van der Waals surface area (Å²) in [4.78, 5) is 0. The molecule has 0 amide bonds. The van der Waals surface area contributed by atoms with Crippen LogP contribution in [0.25, 0.3) is 0 Å². The average molecular weight is 244 g/mol. The lowest BCUT2D eigenvalue weighted by Gasteiger charge is -2.18. The molecule has 0 N–H and O–H groups in total. The van der Waals surface area contributed by atoms with Gasteiger partial charge in [0.05, 0.1) is 25.4 Å². The first-order valence-corrected chi connectivity index (χ1v) is 6.50. The number of hydrogen-bond donors (Lipinski definition) is 0. The molecule has 0 aromatic rings. The number of ether oxygens (including phenoxy) is 4. The van der Waals surface area contributed by atoms with Gasteiger partial charge in [0.25, 0.3) is 0 Å². The fourth-order valence-corrected chi connectivity index (χ4v) is 2.38. The average Bonchev–Trinajstić information content (AvgIpc) is 2.70. The van der Waals surface area contributed by atoms with Gasteiger partial charge in [-0.1, -0.05) is 0 Å². The third-order valence-electron chi connectivity index (χ3n) is 3.19. The maximum Gasteiger partial charge on any atom is 0.163 e. The van der Waals surface area contributed by atoms with Gasteiger partial charge in [-0.2, -0.15) is 0 Å². The highest BCUT2D eigenvalue weighted by molar-refractivity contribution is 4.74. The van der Waals surface area contributed by atoms with E-state index in [1.807, 2.05) is 27.7 Å². The molecule has 2 fully saturated rings. The Balaban J connectivity index is 1.61. The second-order valence-corrected chi connectivity index (χ2v) is 5.83. The predicted octanol–water partition coefficient (Wildman–Crippen LogP) is 2.46. The van der Waals surface area contributed by atoms with E-state index in [0.29, 0.717) is 13.2 Å². The molecule has 2 atom stereocenters. The van der Waals surface area contributed by atoms with Gasteiger partial charge >= 0.3 is 0 Å². The molecule has 4 heteroatoms. The lowest BCUT2D eigenvalue weighted by atomic mass is 10.1. The molecule has 2 rings (SSSR count). The van der Waals surface area contributed by atoms with Crippen LogP contribution in [-0.4, -0.2) is 37.0 Å². The molecule has 0 bridgehead atoms. The normalized spacial score (nSPS) is 35.3. The van der Waals surface area contributed by atoms with E-state index in [1.54, 1.807) is 0 Å². The van der Waals surface area contributed by atoms with Crippen molar-refractivity contribution in [2.75, 3.05) is 13.2 Å². The minimum Gasteiger partial charge on any atom is -0.348 e. The zero-order chi connectivity index (χ0) is 12.5. The van der Waals surface area contributed by atoms with E-state index < -0.39 is 11.6 Å². The fourth-order valence-electron chi connectivity index (χ4n) is 2.38. The molecule has 0 aliphatic carbocycles. The van der Waals surface area contributed by atoms with Crippen LogP contribution < -0.4 is 0 Å². The Bertz CT molecular complexity index is 236. The van der Waals surface area contributed by atoms with E-state index >= 15 is 0 Å². The summed E-state index contributed by atoms with van der Waals surface area (Å²) in [5.41, 5.74) is 0. The molecular weight excluding hydrogens is 220 g/mol. The number of hydrogen-bond acceptors (Lipinski definition) is 4. The Hall–Kier alpha value is -0.160. The lowest BCUT2D eigenvalue weighted by molar-refractivity contribution is -0.141. The molecule has 2 saturated heterocycles. The Morgan fingerprint density at radius 1 is 0.824 bits per heavy atom. The van der Waals surface area contributed by atoms with Crippen molar-refractivity contribution in [3.63, 3.8) is 0 Å². The molecule has 0 saturated carbocycles. The Labute approximate surface area is 104 Å². The summed E-state index contributed by atoms with van der Waals surface area (Å²) in [5, 5.41) is 0. The van der Waals surface area contributed by atoms with Crippen LogP contribution in [-0.2, 0) is 18.9 Å². The summed E-state index contributed by atoms with van der Waals surface area (Å²) >= 11 is 0. The lowest BCUT2D eigenvalue weighted by Crippen LogP contribution is -2.22. The molecule has 0 aromatic carbocycles. The SMILES string of the molecule is CC1(C)OC[C@@H](CCC[C@@H]2COC(C)(C)O2)O1. The zero-order valence-electron chi connectivity index (χ0n) is 11.3. The van der Waals surface area contributed by atoms with Crippen LogP contribution in [0.15, 0.2) is 0 Å². The van der Waals surface area contributed by atoms with Crippen molar-refractivity contribution in [2.45, 2.75) is 70.7 Å². The van der Waals surface area contributed by atoms with Crippen molar-refractivity contribution in [3.05, 3.63) is 0 Å². The van der Waals surface area contributed by atoms with Crippen LogP contribution >= 0.6 is 0 Å². The van der Waals surface area contributed by atoms with Crippen LogP contribution in [0, 0.1) is 0 Å². The molecule has 2 aliphatic rings. The second-order valence-electron chi connectivity index (χ2n) is 5.83. The van der Waals surface area contributed by atoms with Crippen molar-refractivity contribution in [2.24, 2.45) is 0 Å². The summed E-state index contributed by atoms with van der Waals surface area (Å²) in [6.45, 7) is 9.26. The van der Waals surface area contributed by atoms with Gasteiger partial charge in [-0.15, -0.1) is 0 Å². The van der Waals surface area contributed by atoms with Crippen LogP contribution in [0.1, 0.15) is 47.0 Å². The summed E-state index contributed by atoms with van der Waals surface area (Å²) in [5.74, 6) is -0.806. The van der Waals surface area contributed by atoms with Crippen molar-refractivity contribution in [1.29, 1.82) is 0 Å². The molecule has 0 spiro atoms. The van der Waals surface area contributed by atoms with Crippen molar-refractivity contribution in [1.82, 2.24) is 0 Å². The van der Waals surface area contributed by atoms with Gasteiger partial charge < -0.3 is 18.9 Å². The van der Waals surface area contributed by atoms with Crippen LogP contribution in [0.5, 0.6) is 0 Å². The largest absolute Gasteiger partial charge is 0.348 e. The molecule has 17 heavy (non-hydrogen) atoms. The minimum atomic E-state index is -0.403. The first kappa shape index (κ1) is 13.3. The van der Waals surface area contributed by atoms with Crippen molar-refractivity contribution < 1.29 is 18.9 Å². The van der Waals surface area contributed by atoms with Crippen molar-refractivity contribution in [3.8, 4) is 0 Å². The first-order chi connectivity index (χ1) is 7.86. The monoisotopic (exact) mass is 244 g/mol. The highest BCUT2D eigenvalue weighted by atomic mass is 16.7. The fraction of sp³-hybridized carbons (Fsp3) is 1.00. The zero-order valence-corrected chi connectivity index (χ0v) is 11.3. The summed E-state index contributed by atoms with van der Waals surface area (Å²) < 4.78 is 22.6. The second kappa shape index (κ2) is 4.84. The van der Waals surface area contributed by atoms with E-state index in [-0.39, 0.29) is 12.2 Å². The van der Waals surface area contributed by atoms with Gasteiger partial charge in [0, 0.05) is 0 Å². The first-order valence-electron chi connectivity index (χ1n) is 6.50. The molecule has 0 unspecified atom stereocenters. The van der Waals surface area contributed by atoms with E-state index in [2.05, 4.69) is 0 Å². The Morgan fingerprint density at radius 3 is 1.53 bits per heavy atom. The maximum atomic E-state index is 5.76. The van der Waals surface area contributed by atoms with Crippen LogP contribution in [0.4, 0.5) is 0 Å². The third kappa shape index (κ3) is 3.91. The molecule has 2 aliphatic heterocycles. The van der Waals surface area contributed by atoms with E-state index in [0.717, 1.165) is 19.3 Å². The van der Waals surface area contributed by atoms with E-state index in [9.17, 15) is 0 Å². The van der Waals surface area contributed by atoms with Gasteiger partial charge in [0.2, 0.25) is 0 Å². The predicted molar refractivity (Wildman–Crippen MR) is 63.7 cm³/mol. The summed E-state index contributed by atoms with van der Waals surface area (Å²) in [6.07, 6.45) is 3.63. The van der Waals surface area contributed by atoms with Gasteiger partial charge in [0.1, 0.15) is 0 Å². The Kier molecular flexibility index (Phi) is 3.78.